The third kappa shape index (κ3) is 4.36. The first kappa shape index (κ1) is 19.9. The Labute approximate surface area is 168 Å². The maximum atomic E-state index is 11.3. The number of ether oxygens (including phenoxy) is 1. The van der Waals surface area contributed by atoms with Crippen LogP contribution in [0.3, 0.4) is 0 Å². The molecule has 0 saturated carbocycles. The first-order valence-electron chi connectivity index (χ1n) is 9.02. The van der Waals surface area contributed by atoms with Crippen molar-refractivity contribution in [2.45, 2.75) is 43.5 Å². The normalized spacial score (nSPS) is 15.1. The van der Waals surface area contributed by atoms with Gasteiger partial charge in [0.15, 0.2) is 5.84 Å². The van der Waals surface area contributed by atoms with Crippen LogP contribution in [0.15, 0.2) is 39.3 Å². The van der Waals surface area contributed by atoms with E-state index in [0.29, 0.717) is 24.7 Å². The second-order valence-electron chi connectivity index (χ2n) is 6.64. The van der Waals surface area contributed by atoms with Gasteiger partial charge in [-0.15, -0.1) is 11.8 Å². The molecule has 0 spiro atoms. The van der Waals surface area contributed by atoms with Crippen molar-refractivity contribution in [3.05, 3.63) is 30.1 Å². The van der Waals surface area contributed by atoms with Gasteiger partial charge in [0.05, 0.1) is 23.7 Å². The average Bonchev–Trinajstić information content (AvgIpc) is 2.98. The van der Waals surface area contributed by atoms with Crippen molar-refractivity contribution in [2.75, 3.05) is 6.61 Å². The Morgan fingerprint density at radius 2 is 2.18 bits per heavy atom. The zero-order chi connectivity index (χ0) is 20.3. The molecule has 0 radical (unpaired) electrons. The molecule has 1 unspecified atom stereocenters. The lowest BCUT2D eigenvalue weighted by Crippen LogP contribution is -2.22. The predicted octanol–water partition coefficient (Wildman–Crippen LogP) is 2.05. The van der Waals surface area contributed by atoms with Crippen LogP contribution in [0.1, 0.15) is 26.5 Å². The molecule has 1 aliphatic rings. The number of fused-ring (bicyclic) bond motifs is 3. The second-order valence-corrected chi connectivity index (χ2v) is 8.05. The van der Waals surface area contributed by atoms with Crippen molar-refractivity contribution in [1.29, 1.82) is 0 Å². The summed E-state index contributed by atoms with van der Waals surface area (Å²) >= 11 is 1.40. The molecule has 28 heavy (non-hydrogen) atoms. The van der Waals surface area contributed by atoms with E-state index in [4.69, 9.17) is 21.2 Å². The minimum absolute atomic E-state index is 0.0719. The quantitative estimate of drug-likeness (QED) is 0.452. The van der Waals surface area contributed by atoms with Crippen LogP contribution in [-0.2, 0) is 11.3 Å². The Morgan fingerprint density at radius 1 is 1.39 bits per heavy atom. The Kier molecular flexibility index (Phi) is 6.03. The first-order valence-corrected chi connectivity index (χ1v) is 9.89. The number of aromatic nitrogens is 2. The Balaban J connectivity index is 1.99. The van der Waals surface area contributed by atoms with E-state index in [1.165, 1.54) is 18.1 Å². The lowest BCUT2D eigenvalue weighted by atomic mass is 10.2. The zero-order valence-corrected chi connectivity index (χ0v) is 16.9. The van der Waals surface area contributed by atoms with Crippen molar-refractivity contribution in [2.24, 2.45) is 21.5 Å². The van der Waals surface area contributed by atoms with E-state index >= 15 is 0 Å². The number of nitrogens with zero attached hydrogens (tertiary/aromatic N) is 4. The lowest BCUT2D eigenvalue weighted by Gasteiger charge is -2.11. The minimum atomic E-state index is -0.349. The van der Waals surface area contributed by atoms with Crippen molar-refractivity contribution in [1.82, 2.24) is 9.55 Å². The van der Waals surface area contributed by atoms with E-state index in [0.717, 1.165) is 22.0 Å². The molecule has 3 rings (SSSR count). The van der Waals surface area contributed by atoms with E-state index < -0.39 is 0 Å². The van der Waals surface area contributed by atoms with E-state index in [2.05, 4.69) is 9.98 Å². The summed E-state index contributed by atoms with van der Waals surface area (Å²) in [7, 11) is 0. The molecule has 1 aliphatic heterocycles. The van der Waals surface area contributed by atoms with E-state index in [1.54, 1.807) is 6.92 Å². The van der Waals surface area contributed by atoms with Crippen LogP contribution in [0.5, 0.6) is 5.75 Å². The molecular weight excluding hydrogens is 376 g/mol. The summed E-state index contributed by atoms with van der Waals surface area (Å²) in [5.74, 6) is 1.66. The highest BCUT2D eigenvalue weighted by Gasteiger charge is 2.21. The van der Waals surface area contributed by atoms with Gasteiger partial charge in [-0.1, -0.05) is 0 Å². The molecule has 0 aliphatic carbocycles. The lowest BCUT2D eigenvalue weighted by molar-refractivity contribution is -0.117. The summed E-state index contributed by atoms with van der Waals surface area (Å²) in [5.41, 5.74) is 12.4. The topological polar surface area (TPSA) is 121 Å². The zero-order valence-electron chi connectivity index (χ0n) is 16.1. The molecule has 4 N–H and O–H groups in total. The number of aliphatic imine (C=N–C) groups is 2. The van der Waals surface area contributed by atoms with Gasteiger partial charge in [-0.2, -0.15) is 0 Å². The molecule has 1 aromatic heterocycles. The Hall–Kier alpha value is -2.81. The minimum Gasteiger partial charge on any atom is -0.491 e. The molecule has 9 heteroatoms. The molecule has 0 bridgehead atoms. The van der Waals surface area contributed by atoms with Gasteiger partial charge in [0.25, 0.3) is 0 Å². The maximum Gasteiger partial charge on any atom is 0.230 e. The van der Waals surface area contributed by atoms with Gasteiger partial charge in [0, 0.05) is 17.1 Å². The maximum absolute atomic E-state index is 11.3. The molecule has 1 amide bonds. The van der Waals surface area contributed by atoms with Crippen molar-refractivity contribution in [3.8, 4) is 17.1 Å². The number of carbonyl (C=O) groups excluding carboxylic acids is 1. The van der Waals surface area contributed by atoms with Gasteiger partial charge in [-0.25, -0.2) is 9.98 Å². The number of amidine groups is 1. The highest BCUT2D eigenvalue weighted by Crippen LogP contribution is 2.36. The SMILES string of the molecule is CC(C)N=C(N=CN)c1cn2c(n1)-c1ccc(SC(C)C(N)=O)cc1OCC2. The summed E-state index contributed by atoms with van der Waals surface area (Å²) in [6.45, 7) is 6.89. The van der Waals surface area contributed by atoms with E-state index in [1.807, 2.05) is 42.8 Å². The molecule has 1 aromatic carbocycles. The largest absolute Gasteiger partial charge is 0.491 e. The second kappa shape index (κ2) is 8.47. The summed E-state index contributed by atoms with van der Waals surface area (Å²) in [4.78, 5) is 25.7. The smallest absolute Gasteiger partial charge is 0.230 e. The number of hydrogen-bond donors (Lipinski definition) is 2. The summed E-state index contributed by atoms with van der Waals surface area (Å²) in [6.07, 6.45) is 3.14. The highest BCUT2D eigenvalue weighted by molar-refractivity contribution is 8.00. The number of nitrogens with two attached hydrogens (primary N) is 2. The summed E-state index contributed by atoms with van der Waals surface area (Å²) < 4.78 is 7.94. The number of thioether (sulfide) groups is 1. The molecule has 2 heterocycles. The first-order chi connectivity index (χ1) is 13.4. The number of hydrogen-bond acceptors (Lipinski definition) is 5. The number of imidazole rings is 1. The van der Waals surface area contributed by atoms with Crippen LogP contribution >= 0.6 is 11.8 Å². The number of amides is 1. The van der Waals surface area contributed by atoms with Crippen molar-refractivity contribution in [3.63, 3.8) is 0 Å². The van der Waals surface area contributed by atoms with Gasteiger partial charge < -0.3 is 20.8 Å². The van der Waals surface area contributed by atoms with Crippen LogP contribution in [-0.4, -0.2) is 45.5 Å². The third-order valence-corrected chi connectivity index (χ3v) is 5.19. The van der Waals surface area contributed by atoms with Crippen LogP contribution < -0.4 is 16.2 Å². The van der Waals surface area contributed by atoms with E-state index in [9.17, 15) is 4.79 Å². The predicted molar refractivity (Wildman–Crippen MR) is 112 cm³/mol. The number of benzene rings is 1. The molecule has 2 aromatic rings. The fourth-order valence-corrected chi connectivity index (χ4v) is 3.63. The number of carbonyl (C=O) groups is 1. The highest BCUT2D eigenvalue weighted by atomic mass is 32.2. The van der Waals surface area contributed by atoms with E-state index in [-0.39, 0.29) is 17.2 Å². The standard InChI is InChI=1S/C19H24N6O2S/c1-11(2)23-18(22-10-20)15-9-25-6-7-27-16-8-13(28-12(3)17(21)26)4-5-14(16)19(25)24-15/h4-5,8-12H,6-7H2,1-3H3,(H2,21,26)(H2,20,22,23). The van der Waals surface area contributed by atoms with Gasteiger partial charge in [0.2, 0.25) is 5.91 Å². The third-order valence-electron chi connectivity index (χ3n) is 4.08. The van der Waals surface area contributed by atoms with Crippen LogP contribution in [0, 0.1) is 0 Å². The van der Waals surface area contributed by atoms with Crippen molar-refractivity contribution < 1.29 is 9.53 Å². The fraction of sp³-hybridized carbons (Fsp3) is 0.368. The molecule has 148 valence electrons. The van der Waals surface area contributed by atoms with Crippen LogP contribution in [0.2, 0.25) is 0 Å². The monoisotopic (exact) mass is 400 g/mol. The molecule has 0 fully saturated rings. The van der Waals surface area contributed by atoms with Crippen molar-refractivity contribution >= 4 is 29.8 Å². The Bertz CT molecular complexity index is 935. The fourth-order valence-electron chi connectivity index (χ4n) is 2.79. The van der Waals surface area contributed by atoms with Crippen LogP contribution in [0.25, 0.3) is 11.4 Å². The molecule has 1 atom stereocenters. The average molecular weight is 401 g/mol. The van der Waals surface area contributed by atoms with Gasteiger partial charge in [-0.3, -0.25) is 9.79 Å². The van der Waals surface area contributed by atoms with Crippen LogP contribution in [0.4, 0.5) is 0 Å². The molecular formula is C19H24N6O2S. The Morgan fingerprint density at radius 3 is 2.86 bits per heavy atom. The summed E-state index contributed by atoms with van der Waals surface area (Å²) in [5, 5.41) is -0.318. The summed E-state index contributed by atoms with van der Waals surface area (Å²) in [6, 6.07) is 5.88. The van der Waals surface area contributed by atoms with Gasteiger partial charge in [-0.05, 0) is 39.0 Å². The number of rotatable bonds is 5. The number of primary amides is 1. The molecule has 0 saturated heterocycles. The van der Waals surface area contributed by atoms with Gasteiger partial charge in [0.1, 0.15) is 23.9 Å². The van der Waals surface area contributed by atoms with Gasteiger partial charge >= 0.3 is 0 Å². The molecule has 8 nitrogen and oxygen atoms in total.